The molecular weight excluding hydrogens is 326 g/mol. The van der Waals surface area contributed by atoms with Crippen molar-refractivity contribution >= 4 is 36.7 Å². The molecule has 1 aliphatic carbocycles. The molecule has 1 aliphatic rings. The Morgan fingerprint density at radius 1 is 1.11 bits per heavy atom. The van der Waals surface area contributed by atoms with Gasteiger partial charge in [0, 0.05) is 16.3 Å². The summed E-state index contributed by atoms with van der Waals surface area (Å²) in [7, 11) is -3.47. The highest BCUT2D eigenvalue weighted by molar-refractivity contribution is 9.09. The molecule has 2 aromatic rings. The van der Waals surface area contributed by atoms with Gasteiger partial charge in [-0.2, -0.15) is 0 Å². The van der Waals surface area contributed by atoms with Crippen molar-refractivity contribution in [3.8, 4) is 0 Å². The van der Waals surface area contributed by atoms with Gasteiger partial charge >= 0.3 is 0 Å². The van der Waals surface area contributed by atoms with Gasteiger partial charge in [-0.1, -0.05) is 52.3 Å². The normalized spacial score (nSPS) is 17.5. The van der Waals surface area contributed by atoms with Crippen LogP contribution in [0.2, 0.25) is 0 Å². The van der Waals surface area contributed by atoms with Crippen LogP contribution < -0.4 is 4.72 Å². The summed E-state index contributed by atoms with van der Waals surface area (Å²) < 4.78 is 27.9. The third-order valence-electron chi connectivity index (χ3n) is 3.50. The number of alkyl halides is 1. The fourth-order valence-electron chi connectivity index (χ4n) is 2.18. The van der Waals surface area contributed by atoms with Gasteiger partial charge < -0.3 is 0 Å². The molecule has 100 valence electrons. The standard InChI is InChI=1S/C14H14BrNO2S/c15-10-14(8-9-14)16-19(17,18)13-7-3-5-11-4-1-2-6-12(11)13/h1-7,16H,8-10H2. The minimum atomic E-state index is -3.47. The van der Waals surface area contributed by atoms with E-state index in [1.54, 1.807) is 12.1 Å². The van der Waals surface area contributed by atoms with Crippen LogP contribution in [-0.4, -0.2) is 19.3 Å². The van der Waals surface area contributed by atoms with E-state index in [1.165, 1.54) is 0 Å². The van der Waals surface area contributed by atoms with E-state index < -0.39 is 10.0 Å². The van der Waals surface area contributed by atoms with Crippen molar-refractivity contribution in [1.82, 2.24) is 4.72 Å². The van der Waals surface area contributed by atoms with Gasteiger partial charge in [0.25, 0.3) is 0 Å². The van der Waals surface area contributed by atoms with Crippen molar-refractivity contribution in [3.63, 3.8) is 0 Å². The van der Waals surface area contributed by atoms with Crippen LogP contribution in [-0.2, 0) is 10.0 Å². The van der Waals surface area contributed by atoms with E-state index in [4.69, 9.17) is 0 Å². The number of fused-ring (bicyclic) bond motifs is 1. The van der Waals surface area contributed by atoms with Gasteiger partial charge in [0.1, 0.15) is 0 Å². The maximum atomic E-state index is 12.5. The molecule has 2 aromatic carbocycles. The summed E-state index contributed by atoms with van der Waals surface area (Å²) in [5, 5.41) is 2.36. The minimum absolute atomic E-state index is 0.282. The first-order valence-electron chi connectivity index (χ1n) is 6.14. The summed E-state index contributed by atoms with van der Waals surface area (Å²) in [6.07, 6.45) is 1.78. The molecule has 0 aromatic heterocycles. The molecule has 0 saturated heterocycles. The Balaban J connectivity index is 2.08. The number of rotatable bonds is 4. The van der Waals surface area contributed by atoms with Crippen LogP contribution in [0.5, 0.6) is 0 Å². The van der Waals surface area contributed by atoms with E-state index in [0.717, 1.165) is 23.6 Å². The van der Waals surface area contributed by atoms with Crippen molar-refractivity contribution in [2.75, 3.05) is 5.33 Å². The van der Waals surface area contributed by atoms with Crippen molar-refractivity contribution in [2.24, 2.45) is 0 Å². The van der Waals surface area contributed by atoms with Gasteiger partial charge in [0.15, 0.2) is 0 Å². The lowest BCUT2D eigenvalue weighted by Crippen LogP contribution is -2.38. The van der Waals surface area contributed by atoms with E-state index in [2.05, 4.69) is 20.7 Å². The van der Waals surface area contributed by atoms with Crippen LogP contribution in [0.15, 0.2) is 47.4 Å². The number of benzene rings is 2. The first-order chi connectivity index (χ1) is 9.06. The first kappa shape index (κ1) is 13.1. The van der Waals surface area contributed by atoms with E-state index in [1.807, 2.05) is 30.3 Å². The minimum Gasteiger partial charge on any atom is -0.207 e. The highest BCUT2D eigenvalue weighted by Gasteiger charge is 2.45. The molecular formula is C14H14BrNO2S. The Kier molecular flexibility index (Phi) is 3.15. The third-order valence-corrected chi connectivity index (χ3v) is 6.21. The average Bonchev–Trinajstić information content (AvgIpc) is 3.17. The number of nitrogens with one attached hydrogen (secondary N) is 1. The zero-order valence-electron chi connectivity index (χ0n) is 10.3. The van der Waals surface area contributed by atoms with Crippen molar-refractivity contribution < 1.29 is 8.42 Å². The number of hydrogen-bond donors (Lipinski definition) is 1. The molecule has 1 saturated carbocycles. The zero-order valence-corrected chi connectivity index (χ0v) is 12.7. The molecule has 0 unspecified atom stereocenters. The first-order valence-corrected chi connectivity index (χ1v) is 8.75. The molecule has 0 amide bonds. The van der Waals surface area contributed by atoms with Crippen LogP contribution in [0, 0.1) is 0 Å². The van der Waals surface area contributed by atoms with Gasteiger partial charge in [-0.3, -0.25) is 0 Å². The molecule has 0 heterocycles. The Labute approximate surface area is 121 Å². The van der Waals surface area contributed by atoms with E-state index in [-0.39, 0.29) is 5.54 Å². The molecule has 0 radical (unpaired) electrons. The summed E-state index contributed by atoms with van der Waals surface area (Å²) in [6, 6.07) is 12.9. The van der Waals surface area contributed by atoms with E-state index >= 15 is 0 Å². The number of hydrogen-bond acceptors (Lipinski definition) is 2. The quantitative estimate of drug-likeness (QED) is 0.870. The Morgan fingerprint density at radius 2 is 1.79 bits per heavy atom. The Hall–Kier alpha value is -0.910. The largest absolute Gasteiger partial charge is 0.241 e. The van der Waals surface area contributed by atoms with Gasteiger partial charge in [0.2, 0.25) is 10.0 Å². The second-order valence-electron chi connectivity index (χ2n) is 5.00. The van der Waals surface area contributed by atoms with E-state index in [0.29, 0.717) is 10.2 Å². The number of halogens is 1. The fourth-order valence-corrected chi connectivity index (χ4v) is 4.76. The molecule has 19 heavy (non-hydrogen) atoms. The van der Waals surface area contributed by atoms with Crippen molar-refractivity contribution in [3.05, 3.63) is 42.5 Å². The SMILES string of the molecule is O=S(=O)(NC1(CBr)CC1)c1cccc2ccccc12. The summed E-state index contributed by atoms with van der Waals surface area (Å²) >= 11 is 3.38. The fraction of sp³-hybridized carbons (Fsp3) is 0.286. The second-order valence-corrected chi connectivity index (χ2v) is 7.21. The molecule has 0 atom stereocenters. The maximum Gasteiger partial charge on any atom is 0.241 e. The predicted octanol–water partition coefficient (Wildman–Crippen LogP) is 3.05. The van der Waals surface area contributed by atoms with Gasteiger partial charge in [-0.25, -0.2) is 13.1 Å². The summed E-state index contributed by atoms with van der Waals surface area (Å²) in [6.45, 7) is 0. The average molecular weight is 340 g/mol. The molecule has 0 bridgehead atoms. The summed E-state index contributed by atoms with van der Waals surface area (Å²) in [4.78, 5) is 0.359. The van der Waals surface area contributed by atoms with Crippen molar-refractivity contribution in [1.29, 1.82) is 0 Å². The smallest absolute Gasteiger partial charge is 0.207 e. The lowest BCUT2D eigenvalue weighted by molar-refractivity contribution is 0.562. The van der Waals surface area contributed by atoms with Gasteiger partial charge in [-0.15, -0.1) is 0 Å². The zero-order chi connectivity index (χ0) is 13.5. The summed E-state index contributed by atoms with van der Waals surface area (Å²) in [5.74, 6) is 0. The Bertz CT molecular complexity index is 718. The molecule has 0 spiro atoms. The second kappa shape index (κ2) is 4.58. The molecule has 1 N–H and O–H groups in total. The molecule has 3 nitrogen and oxygen atoms in total. The van der Waals surface area contributed by atoms with Gasteiger partial charge in [-0.05, 0) is 24.3 Å². The molecule has 1 fully saturated rings. The van der Waals surface area contributed by atoms with Crippen molar-refractivity contribution in [2.45, 2.75) is 23.3 Å². The van der Waals surface area contributed by atoms with Crippen LogP contribution in [0.3, 0.4) is 0 Å². The van der Waals surface area contributed by atoms with Crippen LogP contribution in [0.1, 0.15) is 12.8 Å². The Morgan fingerprint density at radius 3 is 2.47 bits per heavy atom. The molecule has 3 rings (SSSR count). The van der Waals surface area contributed by atoms with Gasteiger partial charge in [0.05, 0.1) is 4.90 Å². The lowest BCUT2D eigenvalue weighted by Gasteiger charge is -2.15. The maximum absolute atomic E-state index is 12.5. The lowest BCUT2D eigenvalue weighted by atomic mass is 10.1. The monoisotopic (exact) mass is 339 g/mol. The molecule has 5 heteroatoms. The molecule has 0 aliphatic heterocycles. The number of sulfonamides is 1. The van der Waals surface area contributed by atoms with E-state index in [9.17, 15) is 8.42 Å². The summed E-state index contributed by atoms with van der Waals surface area (Å²) in [5.41, 5.74) is -0.282. The predicted molar refractivity (Wildman–Crippen MR) is 80.0 cm³/mol. The highest BCUT2D eigenvalue weighted by Crippen LogP contribution is 2.38. The van der Waals surface area contributed by atoms with Crippen LogP contribution >= 0.6 is 15.9 Å². The third kappa shape index (κ3) is 2.42. The van der Waals surface area contributed by atoms with Crippen LogP contribution in [0.4, 0.5) is 0 Å². The highest BCUT2D eigenvalue weighted by atomic mass is 79.9. The topological polar surface area (TPSA) is 46.2 Å². The van der Waals surface area contributed by atoms with Crippen LogP contribution in [0.25, 0.3) is 10.8 Å².